The molecule has 4 nitrogen and oxygen atoms in total. The summed E-state index contributed by atoms with van der Waals surface area (Å²) in [6.07, 6.45) is 0.675. The summed E-state index contributed by atoms with van der Waals surface area (Å²) in [6, 6.07) is 11.5. The highest BCUT2D eigenvalue weighted by Crippen LogP contribution is 2.24. The molecule has 0 aromatic heterocycles. The SMILES string of the molecule is O=C(NCCc1ccc(O)cc1)c1ccc(Br)c(O)c1. The molecule has 0 unspecified atom stereocenters. The average Bonchev–Trinajstić information content (AvgIpc) is 2.44. The van der Waals surface area contributed by atoms with Gasteiger partial charge in [0.15, 0.2) is 0 Å². The lowest BCUT2D eigenvalue weighted by Gasteiger charge is -2.06. The maximum atomic E-state index is 11.9. The second-order valence-electron chi connectivity index (χ2n) is 4.34. The molecule has 0 aliphatic heterocycles. The Kier molecular flexibility index (Phi) is 4.63. The molecule has 2 aromatic carbocycles. The lowest BCUT2D eigenvalue weighted by atomic mass is 10.1. The first-order chi connectivity index (χ1) is 9.56. The van der Waals surface area contributed by atoms with Crippen LogP contribution in [0.5, 0.6) is 11.5 Å². The maximum absolute atomic E-state index is 11.9. The van der Waals surface area contributed by atoms with E-state index in [1.807, 2.05) is 12.1 Å². The van der Waals surface area contributed by atoms with E-state index in [9.17, 15) is 15.0 Å². The number of nitrogens with one attached hydrogen (secondary N) is 1. The summed E-state index contributed by atoms with van der Waals surface area (Å²) in [6.45, 7) is 0.487. The molecule has 0 radical (unpaired) electrons. The Hall–Kier alpha value is -2.01. The number of carbonyl (C=O) groups is 1. The molecule has 2 rings (SSSR count). The largest absolute Gasteiger partial charge is 0.508 e. The molecule has 20 heavy (non-hydrogen) atoms. The van der Waals surface area contributed by atoms with E-state index in [1.54, 1.807) is 24.3 Å². The number of phenolic OH excluding ortho intramolecular Hbond substituents is 2. The van der Waals surface area contributed by atoms with Gasteiger partial charge in [-0.05, 0) is 58.2 Å². The monoisotopic (exact) mass is 335 g/mol. The summed E-state index contributed by atoms with van der Waals surface area (Å²) in [5.41, 5.74) is 1.44. The number of hydrogen-bond acceptors (Lipinski definition) is 3. The number of hydrogen-bond donors (Lipinski definition) is 3. The van der Waals surface area contributed by atoms with E-state index in [0.29, 0.717) is 23.0 Å². The molecule has 104 valence electrons. The minimum atomic E-state index is -0.230. The molecule has 2 aromatic rings. The van der Waals surface area contributed by atoms with Crippen LogP contribution >= 0.6 is 15.9 Å². The van der Waals surface area contributed by atoms with E-state index in [-0.39, 0.29) is 17.4 Å². The minimum Gasteiger partial charge on any atom is -0.508 e. The van der Waals surface area contributed by atoms with Gasteiger partial charge < -0.3 is 15.5 Å². The van der Waals surface area contributed by atoms with Gasteiger partial charge in [0.2, 0.25) is 0 Å². The van der Waals surface area contributed by atoms with Crippen molar-refractivity contribution in [2.24, 2.45) is 0 Å². The highest BCUT2D eigenvalue weighted by molar-refractivity contribution is 9.10. The van der Waals surface area contributed by atoms with Crippen LogP contribution in [0.1, 0.15) is 15.9 Å². The minimum absolute atomic E-state index is 0.0381. The quantitative estimate of drug-likeness (QED) is 0.804. The summed E-state index contributed by atoms with van der Waals surface area (Å²) in [5, 5.41) is 21.5. The van der Waals surface area contributed by atoms with E-state index in [4.69, 9.17) is 0 Å². The van der Waals surface area contributed by atoms with Gasteiger partial charge in [0.25, 0.3) is 5.91 Å². The zero-order valence-corrected chi connectivity index (χ0v) is 12.2. The molecule has 0 heterocycles. The van der Waals surface area contributed by atoms with Crippen LogP contribution in [0.15, 0.2) is 46.9 Å². The number of phenols is 2. The smallest absolute Gasteiger partial charge is 0.251 e. The predicted octanol–water partition coefficient (Wildman–Crippen LogP) is 2.83. The van der Waals surface area contributed by atoms with Crippen molar-refractivity contribution in [3.63, 3.8) is 0 Å². The Bertz CT molecular complexity index is 611. The molecule has 0 fully saturated rings. The third kappa shape index (κ3) is 3.74. The Morgan fingerprint density at radius 1 is 1.10 bits per heavy atom. The number of aromatic hydroxyl groups is 2. The Morgan fingerprint density at radius 3 is 2.45 bits per heavy atom. The number of amides is 1. The fourth-order valence-corrected chi connectivity index (χ4v) is 1.99. The summed E-state index contributed by atoms with van der Waals surface area (Å²) in [4.78, 5) is 11.9. The van der Waals surface area contributed by atoms with E-state index in [0.717, 1.165) is 5.56 Å². The van der Waals surface area contributed by atoms with Gasteiger partial charge in [-0.25, -0.2) is 0 Å². The zero-order valence-electron chi connectivity index (χ0n) is 10.6. The first-order valence-electron chi connectivity index (χ1n) is 6.11. The Balaban J connectivity index is 1.88. The number of carbonyl (C=O) groups excluding carboxylic acids is 1. The summed E-state index contributed by atoms with van der Waals surface area (Å²) >= 11 is 3.17. The second-order valence-corrected chi connectivity index (χ2v) is 5.19. The topological polar surface area (TPSA) is 69.6 Å². The molecule has 3 N–H and O–H groups in total. The van der Waals surface area contributed by atoms with Gasteiger partial charge in [-0.15, -0.1) is 0 Å². The number of benzene rings is 2. The summed E-state index contributed by atoms with van der Waals surface area (Å²) in [7, 11) is 0. The molecule has 0 aliphatic rings. The van der Waals surface area contributed by atoms with Crippen molar-refractivity contribution in [3.8, 4) is 11.5 Å². The summed E-state index contributed by atoms with van der Waals surface area (Å²) in [5.74, 6) is 0.0332. The van der Waals surface area contributed by atoms with Crippen LogP contribution in [0.25, 0.3) is 0 Å². The van der Waals surface area contributed by atoms with E-state index >= 15 is 0 Å². The van der Waals surface area contributed by atoms with Crippen molar-refractivity contribution in [1.82, 2.24) is 5.32 Å². The Morgan fingerprint density at radius 2 is 1.80 bits per heavy atom. The van der Waals surface area contributed by atoms with Gasteiger partial charge in [-0.1, -0.05) is 12.1 Å². The first-order valence-corrected chi connectivity index (χ1v) is 6.90. The van der Waals surface area contributed by atoms with Crippen LogP contribution in [-0.2, 0) is 6.42 Å². The maximum Gasteiger partial charge on any atom is 0.251 e. The zero-order chi connectivity index (χ0) is 14.5. The van der Waals surface area contributed by atoms with Crippen molar-refractivity contribution in [3.05, 3.63) is 58.1 Å². The van der Waals surface area contributed by atoms with Gasteiger partial charge in [-0.3, -0.25) is 4.79 Å². The third-order valence-corrected chi connectivity index (χ3v) is 3.51. The molecule has 5 heteroatoms. The van der Waals surface area contributed by atoms with Crippen LogP contribution in [0.3, 0.4) is 0 Å². The molecule has 0 spiro atoms. The van der Waals surface area contributed by atoms with Crippen molar-refractivity contribution in [2.75, 3.05) is 6.54 Å². The van der Waals surface area contributed by atoms with E-state index in [1.165, 1.54) is 6.07 Å². The standard InChI is InChI=1S/C15H14BrNO3/c16-13-6-3-11(9-14(13)19)15(20)17-8-7-10-1-4-12(18)5-2-10/h1-6,9,18-19H,7-8H2,(H,17,20). The molecule has 1 amide bonds. The number of rotatable bonds is 4. The Labute approximate surface area is 125 Å². The van der Waals surface area contributed by atoms with E-state index < -0.39 is 0 Å². The fourth-order valence-electron chi connectivity index (χ4n) is 1.74. The summed E-state index contributed by atoms with van der Waals surface area (Å²) < 4.78 is 0.554. The number of halogens is 1. The molecular weight excluding hydrogens is 322 g/mol. The lowest BCUT2D eigenvalue weighted by Crippen LogP contribution is -2.25. The van der Waals surface area contributed by atoms with Gasteiger partial charge in [0, 0.05) is 12.1 Å². The fraction of sp³-hybridized carbons (Fsp3) is 0.133. The van der Waals surface area contributed by atoms with Gasteiger partial charge in [-0.2, -0.15) is 0 Å². The van der Waals surface area contributed by atoms with Gasteiger partial charge in [0.1, 0.15) is 11.5 Å². The van der Waals surface area contributed by atoms with Crippen molar-refractivity contribution in [2.45, 2.75) is 6.42 Å². The predicted molar refractivity (Wildman–Crippen MR) is 80.0 cm³/mol. The van der Waals surface area contributed by atoms with Gasteiger partial charge >= 0.3 is 0 Å². The van der Waals surface area contributed by atoms with Crippen LogP contribution in [0.4, 0.5) is 0 Å². The second kappa shape index (κ2) is 6.43. The van der Waals surface area contributed by atoms with Gasteiger partial charge in [0.05, 0.1) is 4.47 Å². The van der Waals surface area contributed by atoms with Crippen molar-refractivity contribution < 1.29 is 15.0 Å². The lowest BCUT2D eigenvalue weighted by molar-refractivity contribution is 0.0953. The van der Waals surface area contributed by atoms with Crippen LogP contribution < -0.4 is 5.32 Å². The molecule has 0 bridgehead atoms. The molecule has 0 saturated heterocycles. The third-order valence-electron chi connectivity index (χ3n) is 2.84. The van der Waals surface area contributed by atoms with Crippen LogP contribution in [0.2, 0.25) is 0 Å². The van der Waals surface area contributed by atoms with Crippen molar-refractivity contribution in [1.29, 1.82) is 0 Å². The van der Waals surface area contributed by atoms with Crippen LogP contribution in [0, 0.1) is 0 Å². The highest BCUT2D eigenvalue weighted by atomic mass is 79.9. The van der Waals surface area contributed by atoms with Crippen molar-refractivity contribution >= 4 is 21.8 Å². The first kappa shape index (κ1) is 14.4. The average molecular weight is 336 g/mol. The normalized spacial score (nSPS) is 10.2. The molecule has 0 atom stereocenters. The molecule has 0 aliphatic carbocycles. The highest BCUT2D eigenvalue weighted by Gasteiger charge is 2.07. The molecular formula is C15H14BrNO3. The van der Waals surface area contributed by atoms with E-state index in [2.05, 4.69) is 21.2 Å². The molecule has 0 saturated carbocycles. The van der Waals surface area contributed by atoms with Crippen LogP contribution in [-0.4, -0.2) is 22.7 Å².